The Kier molecular flexibility index (Phi) is 9.94. The molecule has 0 saturated carbocycles. The van der Waals surface area contributed by atoms with Crippen LogP contribution >= 0.6 is 24.0 Å². The number of piperidine rings is 1. The van der Waals surface area contributed by atoms with E-state index in [1.807, 2.05) is 27.7 Å². The lowest BCUT2D eigenvalue weighted by molar-refractivity contribution is 0.0193. The lowest BCUT2D eigenvalue weighted by Gasteiger charge is -2.35. The van der Waals surface area contributed by atoms with E-state index in [1.165, 1.54) is 12.1 Å². The van der Waals surface area contributed by atoms with Crippen LogP contribution in [0.25, 0.3) is 0 Å². The van der Waals surface area contributed by atoms with E-state index in [-0.39, 0.29) is 48.4 Å². The topological polar surface area (TPSA) is 86.2 Å². The largest absolute Gasteiger partial charge is 0.505 e. The molecule has 1 aromatic rings. The number of phenols is 1. The maximum atomic E-state index is 13.5. The van der Waals surface area contributed by atoms with Crippen LogP contribution in [0.1, 0.15) is 46.1 Å². The van der Waals surface area contributed by atoms with Gasteiger partial charge in [-0.3, -0.25) is 0 Å². The lowest BCUT2D eigenvalue weighted by Crippen LogP contribution is -2.53. The monoisotopic (exact) mass is 522 g/mol. The number of benzene rings is 1. The van der Waals surface area contributed by atoms with Crippen LogP contribution in [0.5, 0.6) is 5.75 Å². The molecule has 2 rings (SSSR count). The van der Waals surface area contributed by atoms with Gasteiger partial charge in [0.1, 0.15) is 5.60 Å². The highest BCUT2D eigenvalue weighted by Gasteiger charge is 2.28. The molecule has 1 heterocycles. The molecule has 1 fully saturated rings. The number of likely N-dealkylation sites (tertiary alicyclic amines) is 1. The molecule has 1 aliphatic rings. The van der Waals surface area contributed by atoms with Gasteiger partial charge in [-0.15, -0.1) is 24.0 Å². The average molecular weight is 522 g/mol. The molecule has 1 unspecified atom stereocenters. The fourth-order valence-corrected chi connectivity index (χ4v) is 2.92. The van der Waals surface area contributed by atoms with E-state index in [1.54, 1.807) is 11.0 Å². The molecule has 1 atom stereocenters. The molecule has 1 aromatic carbocycles. The third-order valence-electron chi connectivity index (χ3n) is 4.19. The van der Waals surface area contributed by atoms with Crippen molar-refractivity contribution in [3.8, 4) is 5.75 Å². The summed E-state index contributed by atoms with van der Waals surface area (Å²) in [4.78, 5) is 18.5. The summed E-state index contributed by atoms with van der Waals surface area (Å²) < 4.78 is 18.9. The molecule has 0 aromatic heterocycles. The SMILES string of the molecule is CCNC(=NCc1ccc(O)c(F)c1)NC1CCCN(C(=O)OC(C)(C)C)C1.I. The second-order valence-electron chi connectivity index (χ2n) is 7.89. The van der Waals surface area contributed by atoms with E-state index in [4.69, 9.17) is 4.74 Å². The first-order valence-corrected chi connectivity index (χ1v) is 9.68. The number of guanidine groups is 1. The lowest BCUT2D eigenvalue weighted by atomic mass is 10.1. The van der Waals surface area contributed by atoms with Gasteiger partial charge < -0.3 is 25.4 Å². The number of carbonyl (C=O) groups is 1. The van der Waals surface area contributed by atoms with Gasteiger partial charge >= 0.3 is 6.09 Å². The fourth-order valence-electron chi connectivity index (χ4n) is 2.92. The first-order valence-electron chi connectivity index (χ1n) is 9.68. The van der Waals surface area contributed by atoms with Crippen molar-refractivity contribution in [2.24, 2.45) is 4.99 Å². The maximum Gasteiger partial charge on any atom is 0.410 e. The quantitative estimate of drug-likeness (QED) is 0.320. The second-order valence-corrected chi connectivity index (χ2v) is 7.89. The van der Waals surface area contributed by atoms with Crippen LogP contribution in [0.15, 0.2) is 23.2 Å². The Morgan fingerprint density at radius 2 is 2.14 bits per heavy atom. The Hall–Kier alpha value is -1.78. The normalized spacial score (nSPS) is 17.3. The summed E-state index contributed by atoms with van der Waals surface area (Å²) in [5, 5.41) is 15.8. The highest BCUT2D eigenvalue weighted by atomic mass is 127. The van der Waals surface area contributed by atoms with E-state index in [0.29, 0.717) is 31.2 Å². The molecule has 29 heavy (non-hydrogen) atoms. The smallest absolute Gasteiger partial charge is 0.410 e. The Morgan fingerprint density at radius 1 is 1.41 bits per heavy atom. The Labute approximate surface area is 189 Å². The molecule has 0 radical (unpaired) electrons. The van der Waals surface area contributed by atoms with Gasteiger partial charge in [0, 0.05) is 25.7 Å². The minimum Gasteiger partial charge on any atom is -0.505 e. The predicted octanol–water partition coefficient (Wildman–Crippen LogP) is 3.60. The van der Waals surface area contributed by atoms with Gasteiger partial charge in [-0.05, 0) is 58.2 Å². The first kappa shape index (κ1) is 25.3. The zero-order valence-electron chi connectivity index (χ0n) is 17.5. The van der Waals surface area contributed by atoms with Crippen molar-refractivity contribution in [1.29, 1.82) is 0 Å². The van der Waals surface area contributed by atoms with Crippen molar-refractivity contribution in [2.75, 3.05) is 19.6 Å². The summed E-state index contributed by atoms with van der Waals surface area (Å²) in [6.07, 6.45) is 1.48. The maximum absolute atomic E-state index is 13.5. The van der Waals surface area contributed by atoms with Crippen molar-refractivity contribution in [2.45, 2.75) is 58.7 Å². The Bertz CT molecular complexity index is 709. The highest BCUT2D eigenvalue weighted by Crippen LogP contribution is 2.17. The standard InChI is InChI=1S/C20H31FN4O3.HI/c1-5-22-18(23-12-14-8-9-17(26)16(21)11-14)24-15-7-6-10-25(13-15)19(27)28-20(2,3)4;/h8-9,11,15,26H,5-7,10,12-13H2,1-4H3,(H2,22,23,24);1H. The molecule has 3 N–H and O–H groups in total. The number of ether oxygens (including phenoxy) is 1. The molecule has 164 valence electrons. The molecule has 1 saturated heterocycles. The third-order valence-corrected chi connectivity index (χ3v) is 4.19. The van der Waals surface area contributed by atoms with E-state index >= 15 is 0 Å². The van der Waals surface area contributed by atoms with Crippen LogP contribution in [0.3, 0.4) is 0 Å². The minimum absolute atomic E-state index is 0. The van der Waals surface area contributed by atoms with E-state index in [2.05, 4.69) is 15.6 Å². The summed E-state index contributed by atoms with van der Waals surface area (Å²) >= 11 is 0. The Balaban J connectivity index is 0.00000420. The molecule has 0 spiro atoms. The number of phenolic OH excluding ortho intramolecular Hbond substituents is 1. The Morgan fingerprint density at radius 3 is 2.76 bits per heavy atom. The van der Waals surface area contributed by atoms with Gasteiger partial charge in [0.2, 0.25) is 0 Å². The molecule has 1 aliphatic heterocycles. The van der Waals surface area contributed by atoms with Crippen LogP contribution in [-0.2, 0) is 11.3 Å². The van der Waals surface area contributed by atoms with Gasteiger partial charge in [0.25, 0.3) is 0 Å². The number of carbonyl (C=O) groups excluding carboxylic acids is 1. The fraction of sp³-hybridized carbons (Fsp3) is 0.600. The number of amides is 1. The van der Waals surface area contributed by atoms with Crippen LogP contribution in [0.4, 0.5) is 9.18 Å². The van der Waals surface area contributed by atoms with Crippen molar-refractivity contribution in [3.05, 3.63) is 29.6 Å². The summed E-state index contributed by atoms with van der Waals surface area (Å²) in [7, 11) is 0. The van der Waals surface area contributed by atoms with Crippen molar-refractivity contribution >= 4 is 36.0 Å². The zero-order valence-corrected chi connectivity index (χ0v) is 19.8. The van der Waals surface area contributed by atoms with E-state index in [9.17, 15) is 14.3 Å². The molecule has 9 heteroatoms. The number of nitrogens with one attached hydrogen (secondary N) is 2. The molecular formula is C20H32FIN4O3. The molecule has 1 amide bonds. The molecular weight excluding hydrogens is 490 g/mol. The van der Waals surface area contributed by atoms with Gasteiger partial charge in [0.05, 0.1) is 6.54 Å². The predicted molar refractivity (Wildman–Crippen MR) is 122 cm³/mol. The van der Waals surface area contributed by atoms with Crippen LogP contribution in [-0.4, -0.2) is 53.3 Å². The zero-order chi connectivity index (χ0) is 20.7. The number of nitrogens with zero attached hydrogens (tertiary/aromatic N) is 2. The number of aromatic hydroxyl groups is 1. The van der Waals surface area contributed by atoms with Crippen LogP contribution in [0, 0.1) is 5.82 Å². The highest BCUT2D eigenvalue weighted by molar-refractivity contribution is 14.0. The van der Waals surface area contributed by atoms with Gasteiger partial charge in [-0.2, -0.15) is 0 Å². The summed E-state index contributed by atoms with van der Waals surface area (Å²) in [6, 6.07) is 4.28. The second kappa shape index (κ2) is 11.4. The third kappa shape index (κ3) is 8.63. The van der Waals surface area contributed by atoms with E-state index in [0.717, 1.165) is 12.8 Å². The van der Waals surface area contributed by atoms with Gasteiger partial charge in [0.15, 0.2) is 17.5 Å². The molecule has 7 nitrogen and oxygen atoms in total. The first-order chi connectivity index (χ1) is 13.2. The summed E-state index contributed by atoms with van der Waals surface area (Å²) in [5.41, 5.74) is 0.138. The van der Waals surface area contributed by atoms with Crippen molar-refractivity contribution in [3.63, 3.8) is 0 Å². The van der Waals surface area contributed by atoms with Gasteiger partial charge in [-0.1, -0.05) is 6.07 Å². The van der Waals surface area contributed by atoms with Crippen LogP contribution in [0.2, 0.25) is 0 Å². The number of aliphatic imine (C=N–C) groups is 1. The molecule has 0 bridgehead atoms. The van der Waals surface area contributed by atoms with Crippen LogP contribution < -0.4 is 10.6 Å². The summed E-state index contributed by atoms with van der Waals surface area (Å²) in [5.74, 6) is -0.430. The number of hydrogen-bond donors (Lipinski definition) is 3. The van der Waals surface area contributed by atoms with Gasteiger partial charge in [-0.25, -0.2) is 14.2 Å². The number of rotatable bonds is 4. The van der Waals surface area contributed by atoms with Crippen molar-refractivity contribution < 1.29 is 19.0 Å². The molecule has 0 aliphatic carbocycles. The van der Waals surface area contributed by atoms with E-state index < -0.39 is 11.4 Å². The number of halogens is 2. The number of hydrogen-bond acceptors (Lipinski definition) is 4. The average Bonchev–Trinajstić information content (AvgIpc) is 2.61. The minimum atomic E-state index is -0.661. The van der Waals surface area contributed by atoms with Crippen molar-refractivity contribution in [1.82, 2.24) is 15.5 Å². The summed E-state index contributed by atoms with van der Waals surface area (Å²) in [6.45, 7) is 9.69.